The van der Waals surface area contributed by atoms with Gasteiger partial charge in [0.05, 0.1) is 6.10 Å². The highest BCUT2D eigenvalue weighted by atomic mass is 16.5. The molecule has 0 spiro atoms. The second kappa shape index (κ2) is 2.71. The third-order valence-electron chi connectivity index (χ3n) is 8.02. The van der Waals surface area contributed by atoms with Crippen molar-refractivity contribution in [2.45, 2.75) is 24.8 Å². The fraction of sp³-hybridized carbons (Fsp3) is 0.706. The molecule has 0 radical (unpaired) electrons. The summed E-state index contributed by atoms with van der Waals surface area (Å²) in [6, 6.07) is 4.24. The molecule has 7 aliphatic rings. The van der Waals surface area contributed by atoms with Crippen LogP contribution in [0.1, 0.15) is 12.0 Å². The van der Waals surface area contributed by atoms with Gasteiger partial charge in [-0.05, 0) is 59.6 Å². The number of aromatic nitrogens is 1. The second-order valence-corrected chi connectivity index (χ2v) is 8.01. The Balaban J connectivity index is 1.29. The molecule has 1 aromatic heterocycles. The van der Waals surface area contributed by atoms with Crippen LogP contribution in [0.5, 0.6) is 0 Å². The van der Waals surface area contributed by atoms with Gasteiger partial charge in [-0.15, -0.1) is 0 Å². The van der Waals surface area contributed by atoms with E-state index >= 15 is 0 Å². The Kier molecular flexibility index (Phi) is 1.34. The Morgan fingerprint density at radius 2 is 2.00 bits per heavy atom. The summed E-state index contributed by atoms with van der Waals surface area (Å²) in [7, 11) is 0. The summed E-state index contributed by atoms with van der Waals surface area (Å²) >= 11 is 0. The lowest BCUT2D eigenvalue weighted by Crippen LogP contribution is -2.56. The monoisotopic (exact) mass is 266 g/mol. The fourth-order valence-electron chi connectivity index (χ4n) is 8.03. The Morgan fingerprint density at radius 1 is 1.10 bits per heavy atom. The van der Waals surface area contributed by atoms with Crippen LogP contribution in [0.25, 0.3) is 0 Å². The number of nitrogens with zero attached hydrogens (tertiary/aromatic N) is 1. The predicted molar refractivity (Wildman–Crippen MR) is 71.2 cm³/mol. The number of ether oxygens (including phenoxy) is 1. The van der Waals surface area contributed by atoms with Gasteiger partial charge in [0.1, 0.15) is 5.72 Å². The average Bonchev–Trinajstić information content (AvgIpc) is 3.10. The van der Waals surface area contributed by atoms with E-state index in [0.717, 1.165) is 53.9 Å². The summed E-state index contributed by atoms with van der Waals surface area (Å²) < 4.78 is 6.65. The van der Waals surface area contributed by atoms with E-state index in [9.17, 15) is 0 Å². The first-order valence-corrected chi connectivity index (χ1v) is 8.22. The quantitative estimate of drug-likeness (QED) is 0.903. The maximum Gasteiger partial charge on any atom is 0.126 e. The highest BCUT2D eigenvalue weighted by molar-refractivity contribution is 5.38. The van der Waals surface area contributed by atoms with Crippen molar-refractivity contribution in [3.05, 3.63) is 30.1 Å². The van der Waals surface area contributed by atoms with Gasteiger partial charge >= 0.3 is 0 Å². The zero-order valence-corrected chi connectivity index (χ0v) is 11.3. The molecule has 20 heavy (non-hydrogen) atoms. The second-order valence-electron chi connectivity index (χ2n) is 8.01. The molecular weight excluding hydrogens is 248 g/mol. The van der Waals surface area contributed by atoms with Gasteiger partial charge in [-0.3, -0.25) is 10.3 Å². The highest BCUT2D eigenvalue weighted by Gasteiger charge is 2.92. The molecule has 7 fully saturated rings. The summed E-state index contributed by atoms with van der Waals surface area (Å²) in [5.41, 5.74) is 1.40. The predicted octanol–water partition coefficient (Wildman–Crippen LogP) is 1.65. The lowest BCUT2D eigenvalue weighted by atomic mass is 9.59. The van der Waals surface area contributed by atoms with Gasteiger partial charge in [0.15, 0.2) is 0 Å². The zero-order valence-electron chi connectivity index (χ0n) is 11.3. The molecule has 1 aromatic rings. The molecular formula is C17H18N2O. The maximum absolute atomic E-state index is 6.65. The van der Waals surface area contributed by atoms with E-state index in [-0.39, 0.29) is 5.72 Å². The van der Waals surface area contributed by atoms with Crippen LogP contribution in [0.4, 0.5) is 0 Å². The molecule has 4 bridgehead atoms. The van der Waals surface area contributed by atoms with Crippen LogP contribution in [0.15, 0.2) is 24.5 Å². The Morgan fingerprint density at radius 3 is 2.90 bits per heavy atom. The van der Waals surface area contributed by atoms with E-state index in [1.807, 2.05) is 12.4 Å². The van der Waals surface area contributed by atoms with E-state index in [4.69, 9.17) is 4.74 Å². The van der Waals surface area contributed by atoms with Crippen molar-refractivity contribution >= 4 is 0 Å². The first kappa shape index (κ1) is 9.91. The molecule has 1 N–H and O–H groups in total. The Hall–Kier alpha value is -0.930. The van der Waals surface area contributed by atoms with E-state index < -0.39 is 0 Å². The molecule has 0 unspecified atom stereocenters. The maximum atomic E-state index is 6.65. The molecule has 3 heterocycles. The van der Waals surface area contributed by atoms with Crippen LogP contribution < -0.4 is 5.32 Å². The number of nitrogens with one attached hydrogen (secondary N) is 1. The Labute approximate surface area is 118 Å². The molecule has 2 saturated heterocycles. The van der Waals surface area contributed by atoms with Crippen LogP contribution in [-0.2, 0) is 11.3 Å². The van der Waals surface area contributed by atoms with Gasteiger partial charge in [0.2, 0.25) is 0 Å². The third-order valence-corrected chi connectivity index (χ3v) is 8.02. The molecule has 0 amide bonds. The molecule has 2 aliphatic heterocycles. The normalized spacial score (nSPS) is 64.7. The van der Waals surface area contributed by atoms with Crippen molar-refractivity contribution in [2.24, 2.45) is 47.3 Å². The molecule has 102 valence electrons. The summed E-state index contributed by atoms with van der Waals surface area (Å²) in [4.78, 5) is 4.11. The van der Waals surface area contributed by atoms with Gasteiger partial charge in [0, 0.05) is 30.8 Å². The van der Waals surface area contributed by atoms with Crippen LogP contribution >= 0.6 is 0 Å². The summed E-state index contributed by atoms with van der Waals surface area (Å²) in [6.07, 6.45) is 5.95. The van der Waals surface area contributed by atoms with Crippen molar-refractivity contribution in [2.75, 3.05) is 0 Å². The van der Waals surface area contributed by atoms with Crippen LogP contribution in [0.2, 0.25) is 0 Å². The smallest absolute Gasteiger partial charge is 0.126 e. The molecule has 5 aliphatic carbocycles. The highest BCUT2D eigenvalue weighted by Crippen LogP contribution is 2.89. The topological polar surface area (TPSA) is 34.1 Å². The average molecular weight is 266 g/mol. The number of rotatable bonds is 3. The molecule has 10 atom stereocenters. The van der Waals surface area contributed by atoms with Crippen molar-refractivity contribution in [1.29, 1.82) is 0 Å². The minimum absolute atomic E-state index is 0.0698. The minimum atomic E-state index is 0.0698. The summed E-state index contributed by atoms with van der Waals surface area (Å²) in [6.45, 7) is 0.941. The molecule has 3 nitrogen and oxygen atoms in total. The SMILES string of the molecule is c1cc(CN[C@]23O[C@@H]4[C@@H]5[C@H]6[C@@H]7C[C@H]([C@H]6[C@H]52)[C@@H]3[C@@H]74)ccn1. The zero-order chi connectivity index (χ0) is 12.6. The number of hydrogen-bond acceptors (Lipinski definition) is 3. The molecule has 3 heteroatoms. The minimum Gasteiger partial charge on any atom is -0.356 e. The number of hydrogen-bond donors (Lipinski definition) is 1. The third kappa shape index (κ3) is 0.723. The largest absolute Gasteiger partial charge is 0.356 e. The van der Waals surface area contributed by atoms with E-state index in [1.165, 1.54) is 12.0 Å². The van der Waals surface area contributed by atoms with E-state index in [2.05, 4.69) is 22.4 Å². The summed E-state index contributed by atoms with van der Waals surface area (Å²) in [5.74, 6) is 7.73. The van der Waals surface area contributed by atoms with Gasteiger partial charge < -0.3 is 4.74 Å². The van der Waals surface area contributed by atoms with Gasteiger partial charge in [0.25, 0.3) is 0 Å². The standard InChI is InChI=1S/C17H18N2O/c1-3-18-4-2-7(1)6-19-17-14-9-5-8-10-11(9)15(17)13(10)16(20-17)12(8)14/h1-4,8-16,19H,5-6H2/t8-,9+,10-,11+,12+,13+,14+,15+,16-,17+/m0/s1. The summed E-state index contributed by atoms with van der Waals surface area (Å²) in [5, 5.41) is 3.89. The molecule has 0 aromatic carbocycles. The van der Waals surface area contributed by atoms with Crippen LogP contribution in [0.3, 0.4) is 0 Å². The van der Waals surface area contributed by atoms with Crippen molar-refractivity contribution in [3.63, 3.8) is 0 Å². The Bertz CT molecular complexity index is 623. The first-order valence-electron chi connectivity index (χ1n) is 8.22. The van der Waals surface area contributed by atoms with E-state index in [0.29, 0.717) is 6.10 Å². The van der Waals surface area contributed by atoms with Crippen molar-refractivity contribution in [1.82, 2.24) is 10.3 Å². The molecule has 5 saturated carbocycles. The lowest BCUT2D eigenvalue weighted by Gasteiger charge is -2.46. The van der Waals surface area contributed by atoms with Crippen LogP contribution in [0, 0.1) is 47.3 Å². The van der Waals surface area contributed by atoms with Gasteiger partial charge in [-0.2, -0.15) is 0 Å². The number of pyridine rings is 1. The van der Waals surface area contributed by atoms with Crippen LogP contribution in [-0.4, -0.2) is 16.8 Å². The molecule has 8 rings (SSSR count). The van der Waals surface area contributed by atoms with Crippen molar-refractivity contribution < 1.29 is 4.74 Å². The van der Waals surface area contributed by atoms with Gasteiger partial charge in [-0.25, -0.2) is 0 Å². The lowest BCUT2D eigenvalue weighted by molar-refractivity contribution is -0.0591. The first-order chi connectivity index (χ1) is 9.90. The van der Waals surface area contributed by atoms with E-state index in [1.54, 1.807) is 0 Å². The van der Waals surface area contributed by atoms with Gasteiger partial charge in [-0.1, -0.05) is 0 Å². The van der Waals surface area contributed by atoms with Crippen molar-refractivity contribution in [3.8, 4) is 0 Å². The fourth-order valence-corrected chi connectivity index (χ4v) is 8.03.